The SMILES string of the molecule is CC[n+]1cc(Br)cc(-c2nc3cc(C(C)C)ccc3o2)c1. The number of pyridine rings is 1. The van der Waals surface area contributed by atoms with Gasteiger partial charge in [-0.15, -0.1) is 0 Å². The van der Waals surface area contributed by atoms with Crippen LogP contribution in [0.5, 0.6) is 0 Å². The number of nitrogens with zero attached hydrogens (tertiary/aromatic N) is 2. The maximum Gasteiger partial charge on any atom is 0.233 e. The highest BCUT2D eigenvalue weighted by molar-refractivity contribution is 9.10. The molecule has 0 N–H and O–H groups in total. The molecule has 0 atom stereocenters. The molecule has 1 aromatic carbocycles. The molecule has 0 amide bonds. The van der Waals surface area contributed by atoms with Crippen molar-refractivity contribution >= 4 is 27.0 Å². The van der Waals surface area contributed by atoms with Crippen molar-refractivity contribution in [1.29, 1.82) is 0 Å². The Labute approximate surface area is 132 Å². The summed E-state index contributed by atoms with van der Waals surface area (Å²) in [6.07, 6.45) is 4.10. The molecule has 0 radical (unpaired) electrons. The highest BCUT2D eigenvalue weighted by Gasteiger charge is 2.14. The summed E-state index contributed by atoms with van der Waals surface area (Å²) < 4.78 is 9.02. The molecule has 4 heteroatoms. The third kappa shape index (κ3) is 2.86. The lowest BCUT2D eigenvalue weighted by molar-refractivity contribution is -0.693. The van der Waals surface area contributed by atoms with Gasteiger partial charge in [0.15, 0.2) is 18.0 Å². The van der Waals surface area contributed by atoms with E-state index in [1.807, 2.05) is 18.3 Å². The standard InChI is InChI=1S/C17H18BrN2O/c1-4-20-9-13(7-14(18)10-20)17-19-15-8-12(11(2)3)5-6-16(15)21-17/h5-11H,4H2,1-3H3/q+1. The molecule has 0 saturated heterocycles. The van der Waals surface area contributed by atoms with E-state index < -0.39 is 0 Å². The van der Waals surface area contributed by atoms with E-state index in [-0.39, 0.29) is 0 Å². The summed E-state index contributed by atoms with van der Waals surface area (Å²) >= 11 is 3.54. The number of aryl methyl sites for hydroxylation is 1. The molecule has 0 aliphatic heterocycles. The second-order valence-corrected chi connectivity index (χ2v) is 6.39. The van der Waals surface area contributed by atoms with Gasteiger partial charge < -0.3 is 4.42 Å². The molecular formula is C17H18BrN2O+. The number of hydrogen-bond acceptors (Lipinski definition) is 2. The van der Waals surface area contributed by atoms with Crippen LogP contribution in [0.4, 0.5) is 0 Å². The fraction of sp³-hybridized carbons (Fsp3) is 0.294. The van der Waals surface area contributed by atoms with E-state index in [1.165, 1.54) is 5.56 Å². The Balaban J connectivity index is 2.10. The van der Waals surface area contributed by atoms with E-state index >= 15 is 0 Å². The number of rotatable bonds is 3. The van der Waals surface area contributed by atoms with Gasteiger partial charge in [-0.05, 0) is 52.5 Å². The van der Waals surface area contributed by atoms with Crippen LogP contribution in [0.3, 0.4) is 0 Å². The van der Waals surface area contributed by atoms with Crippen LogP contribution in [-0.4, -0.2) is 4.98 Å². The molecule has 0 fully saturated rings. The number of hydrogen-bond donors (Lipinski definition) is 0. The van der Waals surface area contributed by atoms with Gasteiger partial charge in [-0.3, -0.25) is 0 Å². The van der Waals surface area contributed by atoms with E-state index in [2.05, 4.69) is 64.6 Å². The van der Waals surface area contributed by atoms with Gasteiger partial charge in [-0.25, -0.2) is 9.55 Å². The first-order valence-electron chi connectivity index (χ1n) is 7.17. The first-order chi connectivity index (χ1) is 10.1. The first kappa shape index (κ1) is 14.3. The topological polar surface area (TPSA) is 29.9 Å². The Morgan fingerprint density at radius 2 is 2.05 bits per heavy atom. The summed E-state index contributed by atoms with van der Waals surface area (Å²) in [4.78, 5) is 4.64. The Morgan fingerprint density at radius 3 is 2.76 bits per heavy atom. The monoisotopic (exact) mass is 345 g/mol. The van der Waals surface area contributed by atoms with Crippen molar-refractivity contribution in [2.75, 3.05) is 0 Å². The number of aromatic nitrogens is 2. The maximum absolute atomic E-state index is 5.90. The van der Waals surface area contributed by atoms with Crippen LogP contribution in [0.1, 0.15) is 32.3 Å². The van der Waals surface area contributed by atoms with Crippen LogP contribution in [-0.2, 0) is 6.54 Å². The van der Waals surface area contributed by atoms with Gasteiger partial charge in [0.2, 0.25) is 5.89 Å². The molecule has 108 valence electrons. The van der Waals surface area contributed by atoms with Gasteiger partial charge in [0.25, 0.3) is 0 Å². The molecule has 0 aliphatic carbocycles. The fourth-order valence-corrected chi connectivity index (χ4v) is 2.83. The molecule has 0 spiro atoms. The third-order valence-electron chi connectivity index (χ3n) is 3.58. The lowest BCUT2D eigenvalue weighted by atomic mass is 10.0. The summed E-state index contributed by atoms with van der Waals surface area (Å²) in [6, 6.07) is 8.25. The highest BCUT2D eigenvalue weighted by Crippen LogP contribution is 2.27. The molecule has 2 aromatic heterocycles. The van der Waals surface area contributed by atoms with Crippen molar-refractivity contribution in [3.63, 3.8) is 0 Å². The van der Waals surface area contributed by atoms with Gasteiger partial charge in [0, 0.05) is 0 Å². The summed E-state index contributed by atoms with van der Waals surface area (Å²) in [5, 5.41) is 0. The smallest absolute Gasteiger partial charge is 0.233 e. The van der Waals surface area contributed by atoms with Crippen molar-refractivity contribution < 1.29 is 8.98 Å². The molecule has 21 heavy (non-hydrogen) atoms. The van der Waals surface area contributed by atoms with Crippen molar-refractivity contribution in [1.82, 2.24) is 4.98 Å². The van der Waals surface area contributed by atoms with Gasteiger partial charge in [-0.2, -0.15) is 0 Å². The van der Waals surface area contributed by atoms with Gasteiger partial charge in [0.1, 0.15) is 17.6 Å². The number of benzene rings is 1. The molecule has 0 bridgehead atoms. The van der Waals surface area contributed by atoms with Crippen LogP contribution in [0.15, 0.2) is 45.5 Å². The lowest BCUT2D eigenvalue weighted by Gasteiger charge is -2.02. The van der Waals surface area contributed by atoms with Crippen molar-refractivity contribution in [3.05, 3.63) is 46.7 Å². The van der Waals surface area contributed by atoms with E-state index in [0.717, 1.165) is 27.7 Å². The predicted octanol–water partition coefficient (Wildman–Crippen LogP) is 4.69. The minimum absolute atomic E-state index is 0.489. The molecule has 0 unspecified atom stereocenters. The van der Waals surface area contributed by atoms with Gasteiger partial charge in [-0.1, -0.05) is 19.9 Å². The lowest BCUT2D eigenvalue weighted by Crippen LogP contribution is -2.31. The zero-order chi connectivity index (χ0) is 15.0. The van der Waals surface area contributed by atoms with Crippen LogP contribution in [0.25, 0.3) is 22.6 Å². The molecular weight excluding hydrogens is 328 g/mol. The molecule has 0 aliphatic rings. The van der Waals surface area contributed by atoms with Crippen LogP contribution in [0, 0.1) is 0 Å². The fourth-order valence-electron chi connectivity index (χ4n) is 2.32. The molecule has 0 saturated carbocycles. The van der Waals surface area contributed by atoms with E-state index in [1.54, 1.807) is 0 Å². The number of fused-ring (bicyclic) bond motifs is 1. The zero-order valence-corrected chi connectivity index (χ0v) is 14.0. The van der Waals surface area contributed by atoms with Crippen molar-refractivity contribution in [2.24, 2.45) is 0 Å². The van der Waals surface area contributed by atoms with E-state index in [9.17, 15) is 0 Å². The maximum atomic E-state index is 5.90. The molecule has 3 rings (SSSR count). The molecule has 3 aromatic rings. The minimum atomic E-state index is 0.489. The second-order valence-electron chi connectivity index (χ2n) is 5.47. The second kappa shape index (κ2) is 5.60. The van der Waals surface area contributed by atoms with Crippen LogP contribution in [0.2, 0.25) is 0 Å². The van der Waals surface area contributed by atoms with Crippen LogP contribution >= 0.6 is 15.9 Å². The Hall–Kier alpha value is -1.68. The largest absolute Gasteiger partial charge is 0.436 e. The summed E-state index contributed by atoms with van der Waals surface area (Å²) in [7, 11) is 0. The average molecular weight is 346 g/mol. The van der Waals surface area contributed by atoms with E-state index in [0.29, 0.717) is 11.8 Å². The minimum Gasteiger partial charge on any atom is -0.436 e. The highest BCUT2D eigenvalue weighted by atomic mass is 79.9. The normalized spacial score (nSPS) is 11.5. The van der Waals surface area contributed by atoms with E-state index in [4.69, 9.17) is 4.42 Å². The van der Waals surface area contributed by atoms with Crippen LogP contribution < -0.4 is 4.57 Å². The Bertz CT molecular complexity index is 793. The summed E-state index contributed by atoms with van der Waals surface area (Å²) in [5.41, 5.74) is 4.00. The van der Waals surface area contributed by atoms with Crippen molar-refractivity contribution in [3.8, 4) is 11.5 Å². The molecule has 3 nitrogen and oxygen atoms in total. The average Bonchev–Trinajstić information content (AvgIpc) is 2.89. The van der Waals surface area contributed by atoms with Gasteiger partial charge in [0.05, 0.1) is 4.47 Å². The Morgan fingerprint density at radius 1 is 1.24 bits per heavy atom. The van der Waals surface area contributed by atoms with Gasteiger partial charge >= 0.3 is 0 Å². The summed E-state index contributed by atoms with van der Waals surface area (Å²) in [5.74, 6) is 1.15. The summed E-state index contributed by atoms with van der Waals surface area (Å²) in [6.45, 7) is 7.38. The number of halogens is 1. The molecule has 2 heterocycles. The zero-order valence-electron chi connectivity index (χ0n) is 12.4. The number of oxazole rings is 1. The quantitative estimate of drug-likeness (QED) is 0.644. The van der Waals surface area contributed by atoms with Crippen molar-refractivity contribution in [2.45, 2.75) is 33.2 Å². The Kier molecular flexibility index (Phi) is 3.81. The predicted molar refractivity (Wildman–Crippen MR) is 87.1 cm³/mol. The third-order valence-corrected chi connectivity index (χ3v) is 4.01. The first-order valence-corrected chi connectivity index (χ1v) is 7.96.